The molecule has 21 unspecified atom stereocenters. The van der Waals surface area contributed by atoms with Crippen LogP contribution in [0.4, 0.5) is 0 Å². The average molecular weight is 743 g/mol. The molecule has 4 aliphatic carbocycles. The number of allylic oxidation sites excluding steroid dienone is 1. The van der Waals surface area contributed by atoms with Gasteiger partial charge in [0.05, 0.1) is 43.7 Å². The number of ether oxygens (including phenoxy) is 6. The summed E-state index contributed by atoms with van der Waals surface area (Å²) < 4.78 is 35.3. The van der Waals surface area contributed by atoms with Gasteiger partial charge in [0.15, 0.2) is 12.6 Å². The summed E-state index contributed by atoms with van der Waals surface area (Å²) in [7, 11) is 2.90. The predicted octanol–water partition coefficient (Wildman–Crippen LogP) is 1.36. The summed E-state index contributed by atoms with van der Waals surface area (Å²) in [5.41, 5.74) is -0.440. The molecule has 2 saturated heterocycles. The molecule has 7 N–H and O–H groups in total. The molecule has 0 radical (unpaired) electrons. The molecule has 21 atom stereocenters. The Balaban J connectivity index is 1.15. The minimum absolute atomic E-state index is 0.00896. The van der Waals surface area contributed by atoms with Crippen LogP contribution in [-0.2, 0) is 28.4 Å². The summed E-state index contributed by atoms with van der Waals surface area (Å²) in [6.07, 6.45) is -2.69. The second kappa shape index (κ2) is 16.0. The molecular weight excluding hydrogens is 676 g/mol. The Morgan fingerprint density at radius 3 is 2.12 bits per heavy atom. The second-order valence-electron chi connectivity index (χ2n) is 17.8. The number of hydrogen-bond acceptors (Lipinski definition) is 13. The molecule has 6 fully saturated rings. The van der Waals surface area contributed by atoms with Crippen molar-refractivity contribution in [1.82, 2.24) is 0 Å². The third-order valence-electron chi connectivity index (χ3n) is 14.7. The highest BCUT2D eigenvalue weighted by Crippen LogP contribution is 2.68. The summed E-state index contributed by atoms with van der Waals surface area (Å²) in [4.78, 5) is 0. The molecule has 13 nitrogen and oxygen atoms in total. The Morgan fingerprint density at radius 1 is 0.769 bits per heavy atom. The van der Waals surface area contributed by atoms with Crippen molar-refractivity contribution in [2.45, 2.75) is 153 Å². The third kappa shape index (κ3) is 7.07. The number of hydrogen-bond donors (Lipinski definition) is 7. The van der Waals surface area contributed by atoms with Crippen LogP contribution in [0, 0.1) is 52.3 Å². The lowest BCUT2D eigenvalue weighted by molar-refractivity contribution is -0.311. The van der Waals surface area contributed by atoms with Crippen LogP contribution in [0.25, 0.3) is 0 Å². The maximum atomic E-state index is 11.7. The Kier molecular flexibility index (Phi) is 12.6. The van der Waals surface area contributed by atoms with E-state index < -0.39 is 86.3 Å². The molecule has 0 spiro atoms. The van der Waals surface area contributed by atoms with Crippen LogP contribution in [0.1, 0.15) is 73.1 Å². The SMILES string of the molecule is COC1COC(OC2C(OC(C=CC(C)C3CC(O)C4C5CC(O)C6C(O)C(O)CCC6(C)C5CCC34C)C(C)C)OC(CO)C2O)C(OC)C1O. The van der Waals surface area contributed by atoms with Crippen molar-refractivity contribution in [2.24, 2.45) is 52.3 Å². The van der Waals surface area contributed by atoms with Crippen LogP contribution in [0.15, 0.2) is 12.2 Å². The summed E-state index contributed by atoms with van der Waals surface area (Å²) in [6, 6.07) is 0. The molecule has 0 aromatic rings. The number of methoxy groups -OCH3 is 2. The molecule has 0 aromatic carbocycles. The van der Waals surface area contributed by atoms with Gasteiger partial charge in [0, 0.05) is 20.1 Å². The maximum Gasteiger partial charge on any atom is 0.187 e. The van der Waals surface area contributed by atoms with Crippen molar-refractivity contribution < 1.29 is 64.2 Å². The molecular formula is C39H66O13. The van der Waals surface area contributed by atoms with Crippen LogP contribution in [-0.4, -0.2) is 143 Å². The zero-order valence-corrected chi connectivity index (χ0v) is 31.9. The Morgan fingerprint density at radius 2 is 1.46 bits per heavy atom. The minimum Gasteiger partial charge on any atom is -0.394 e. The van der Waals surface area contributed by atoms with Gasteiger partial charge in [0.25, 0.3) is 0 Å². The van der Waals surface area contributed by atoms with Gasteiger partial charge < -0.3 is 64.2 Å². The summed E-state index contributed by atoms with van der Waals surface area (Å²) in [6.45, 7) is 10.3. The zero-order valence-electron chi connectivity index (χ0n) is 31.9. The molecule has 0 amide bonds. The molecule has 2 heterocycles. The molecule has 52 heavy (non-hydrogen) atoms. The first-order valence-electron chi connectivity index (χ1n) is 19.6. The first-order chi connectivity index (χ1) is 24.6. The van der Waals surface area contributed by atoms with Crippen molar-refractivity contribution in [1.29, 1.82) is 0 Å². The highest BCUT2D eigenvalue weighted by molar-refractivity contribution is 5.16. The molecule has 13 heteroatoms. The lowest BCUT2D eigenvalue weighted by Gasteiger charge is -2.63. The van der Waals surface area contributed by atoms with Gasteiger partial charge >= 0.3 is 0 Å². The van der Waals surface area contributed by atoms with Crippen molar-refractivity contribution in [3.05, 3.63) is 12.2 Å². The van der Waals surface area contributed by atoms with Crippen LogP contribution in [0.3, 0.4) is 0 Å². The number of fused-ring (bicyclic) bond motifs is 5. The molecule has 2 aliphatic heterocycles. The summed E-state index contributed by atoms with van der Waals surface area (Å²) in [5.74, 6) is 0.356. The van der Waals surface area contributed by atoms with E-state index in [-0.39, 0.29) is 58.9 Å². The number of aliphatic hydroxyl groups is 7. The van der Waals surface area contributed by atoms with Gasteiger partial charge in [-0.15, -0.1) is 0 Å². The van der Waals surface area contributed by atoms with Gasteiger partial charge in [-0.25, -0.2) is 0 Å². The number of aliphatic hydroxyl groups excluding tert-OH is 7. The van der Waals surface area contributed by atoms with Crippen molar-refractivity contribution in [2.75, 3.05) is 27.4 Å². The van der Waals surface area contributed by atoms with Gasteiger partial charge in [0.1, 0.15) is 36.6 Å². The van der Waals surface area contributed by atoms with Crippen molar-refractivity contribution in [3.63, 3.8) is 0 Å². The highest BCUT2D eigenvalue weighted by Gasteiger charge is 2.66. The second-order valence-corrected chi connectivity index (χ2v) is 17.8. The van der Waals surface area contributed by atoms with Gasteiger partial charge in [-0.2, -0.15) is 0 Å². The van der Waals surface area contributed by atoms with Crippen LogP contribution in [0.5, 0.6) is 0 Å². The van der Waals surface area contributed by atoms with Crippen molar-refractivity contribution >= 4 is 0 Å². The topological polar surface area (TPSA) is 197 Å². The van der Waals surface area contributed by atoms with Crippen LogP contribution < -0.4 is 0 Å². The number of rotatable bonds is 11. The van der Waals surface area contributed by atoms with Gasteiger partial charge in [-0.3, -0.25) is 0 Å². The minimum atomic E-state index is -1.23. The normalized spacial score (nSPS) is 52.0. The van der Waals surface area contributed by atoms with Gasteiger partial charge in [0.2, 0.25) is 0 Å². The largest absolute Gasteiger partial charge is 0.394 e. The Bertz CT molecular complexity index is 1220. The first-order valence-corrected chi connectivity index (χ1v) is 19.6. The zero-order chi connectivity index (χ0) is 37.9. The van der Waals surface area contributed by atoms with E-state index in [9.17, 15) is 35.7 Å². The van der Waals surface area contributed by atoms with Crippen molar-refractivity contribution in [3.8, 4) is 0 Å². The van der Waals surface area contributed by atoms with Crippen LogP contribution in [0.2, 0.25) is 0 Å². The molecule has 300 valence electrons. The molecule has 6 rings (SSSR count). The fraction of sp³-hybridized carbons (Fsp3) is 0.949. The van der Waals surface area contributed by atoms with E-state index in [0.29, 0.717) is 19.3 Å². The first kappa shape index (κ1) is 40.9. The fourth-order valence-corrected chi connectivity index (χ4v) is 11.9. The van der Waals surface area contributed by atoms with Crippen LogP contribution >= 0.6 is 0 Å². The van der Waals surface area contributed by atoms with E-state index in [2.05, 4.69) is 26.8 Å². The fourth-order valence-electron chi connectivity index (χ4n) is 11.9. The standard InChI is InChI=1S/C39H66O13/c1-18(2)26(50-37-35(32(45)27(16-40)51-37)52-36-34(48-7)33(46)28(47-6)17-49-36)9-8-19(3)22-15-25(43)29-20-14-24(42)30-31(44)23(41)11-13-38(30,4)21(20)10-12-39(22,29)5/h8-9,18-37,40-46H,10-17H2,1-7H3. The lowest BCUT2D eigenvalue weighted by Crippen LogP contribution is -2.63. The van der Waals surface area contributed by atoms with E-state index >= 15 is 0 Å². The lowest BCUT2D eigenvalue weighted by atomic mass is 9.43. The van der Waals surface area contributed by atoms with Gasteiger partial charge in [-0.1, -0.05) is 46.8 Å². The Hall–Kier alpha value is -0.780. The molecule has 0 aromatic heterocycles. The van der Waals surface area contributed by atoms with E-state index in [1.54, 1.807) is 0 Å². The van der Waals surface area contributed by atoms with Gasteiger partial charge in [-0.05, 0) is 84.9 Å². The highest BCUT2D eigenvalue weighted by atomic mass is 16.8. The summed E-state index contributed by atoms with van der Waals surface area (Å²) >= 11 is 0. The predicted molar refractivity (Wildman–Crippen MR) is 187 cm³/mol. The summed E-state index contributed by atoms with van der Waals surface area (Å²) in [5, 5.41) is 76.4. The average Bonchev–Trinajstić information content (AvgIpc) is 3.55. The smallest absolute Gasteiger partial charge is 0.187 e. The molecule has 6 aliphatic rings. The third-order valence-corrected chi connectivity index (χ3v) is 14.7. The molecule has 0 bridgehead atoms. The van der Waals surface area contributed by atoms with E-state index in [0.717, 1.165) is 19.3 Å². The van der Waals surface area contributed by atoms with E-state index in [4.69, 9.17) is 28.4 Å². The molecule has 4 saturated carbocycles. The monoisotopic (exact) mass is 742 g/mol. The quantitative estimate of drug-likeness (QED) is 0.150. The van der Waals surface area contributed by atoms with E-state index in [1.165, 1.54) is 14.2 Å². The maximum absolute atomic E-state index is 11.7. The Labute approximate surface area is 308 Å². The van der Waals surface area contributed by atoms with E-state index in [1.807, 2.05) is 19.9 Å².